The first-order valence-corrected chi connectivity index (χ1v) is 10.5. The molecule has 1 aromatic carbocycles. The Balaban J connectivity index is 1.36. The first-order chi connectivity index (χ1) is 13.6. The predicted octanol–water partition coefficient (Wildman–Crippen LogP) is 2.42. The van der Waals surface area contributed by atoms with Gasteiger partial charge in [-0.05, 0) is 31.9 Å². The minimum Gasteiger partial charge on any atom is -0.492 e. The van der Waals surface area contributed by atoms with E-state index in [1.165, 1.54) is 4.90 Å². The van der Waals surface area contributed by atoms with Crippen LogP contribution in [0, 0.1) is 0 Å². The molecule has 0 aromatic heterocycles. The van der Waals surface area contributed by atoms with Crippen molar-refractivity contribution in [3.63, 3.8) is 0 Å². The molecule has 1 N–H and O–H groups in total. The molecule has 2 heterocycles. The van der Waals surface area contributed by atoms with Crippen molar-refractivity contribution in [2.45, 2.75) is 44.6 Å². The van der Waals surface area contributed by atoms with Crippen molar-refractivity contribution in [3.05, 3.63) is 24.3 Å². The zero-order chi connectivity index (χ0) is 19.6. The Morgan fingerprint density at radius 1 is 1.04 bits per heavy atom. The highest BCUT2D eigenvalue weighted by molar-refractivity contribution is 6.07. The van der Waals surface area contributed by atoms with Crippen molar-refractivity contribution < 1.29 is 14.3 Å². The highest BCUT2D eigenvalue weighted by Crippen LogP contribution is 2.34. The largest absolute Gasteiger partial charge is 0.492 e. The van der Waals surface area contributed by atoms with E-state index >= 15 is 0 Å². The molecule has 3 aliphatic rings. The minimum absolute atomic E-state index is 0.0266. The quantitative estimate of drug-likeness (QED) is 0.788. The summed E-state index contributed by atoms with van der Waals surface area (Å²) in [6, 6.07) is 7.88. The van der Waals surface area contributed by atoms with E-state index in [9.17, 15) is 9.59 Å². The third-order valence-electron chi connectivity index (χ3n) is 6.17. The Morgan fingerprint density at radius 3 is 2.46 bits per heavy atom. The van der Waals surface area contributed by atoms with Crippen LogP contribution in [-0.2, 0) is 4.79 Å². The van der Waals surface area contributed by atoms with E-state index in [0.29, 0.717) is 13.3 Å². The highest BCUT2D eigenvalue weighted by Gasteiger charge is 2.51. The van der Waals surface area contributed by atoms with Crippen LogP contribution in [0.15, 0.2) is 24.3 Å². The number of hydrogen-bond donors (Lipinski definition) is 1. The van der Waals surface area contributed by atoms with E-state index in [2.05, 4.69) is 21.2 Å². The molecule has 0 radical (unpaired) electrons. The number of ether oxygens (including phenoxy) is 1. The molecule has 2 aliphatic heterocycles. The molecule has 3 amide bonds. The lowest BCUT2D eigenvalue weighted by Crippen LogP contribution is -2.52. The maximum Gasteiger partial charge on any atom is 0.326 e. The molecule has 28 heavy (non-hydrogen) atoms. The van der Waals surface area contributed by atoms with Gasteiger partial charge in [0.2, 0.25) is 0 Å². The summed E-state index contributed by atoms with van der Waals surface area (Å²) in [7, 11) is 0. The Labute approximate surface area is 166 Å². The summed E-state index contributed by atoms with van der Waals surface area (Å²) in [5.41, 5.74) is 0.480. The lowest BCUT2D eigenvalue weighted by atomic mass is 9.82. The van der Waals surface area contributed by atoms with Crippen LogP contribution in [0.5, 0.6) is 5.75 Å². The van der Waals surface area contributed by atoms with Crippen LogP contribution in [-0.4, -0.2) is 66.7 Å². The van der Waals surface area contributed by atoms with Crippen LogP contribution in [0.4, 0.5) is 10.5 Å². The number of carbonyl (C=O) groups excluding carboxylic acids is 2. The molecule has 0 bridgehead atoms. The molecule has 7 nitrogen and oxygen atoms in total. The van der Waals surface area contributed by atoms with Gasteiger partial charge in [0.15, 0.2) is 0 Å². The number of nitrogens with zero attached hydrogens (tertiary/aromatic N) is 3. The predicted molar refractivity (Wildman–Crippen MR) is 107 cm³/mol. The maximum atomic E-state index is 13.0. The second kappa shape index (κ2) is 7.99. The van der Waals surface area contributed by atoms with Crippen LogP contribution < -0.4 is 15.0 Å². The summed E-state index contributed by atoms with van der Waals surface area (Å²) in [4.78, 5) is 31.4. The number of piperazine rings is 1. The van der Waals surface area contributed by atoms with Crippen molar-refractivity contribution in [1.82, 2.24) is 15.1 Å². The molecule has 152 valence electrons. The molecule has 1 saturated carbocycles. The molecule has 7 heteroatoms. The first kappa shape index (κ1) is 19.1. The third-order valence-corrected chi connectivity index (χ3v) is 6.17. The zero-order valence-corrected chi connectivity index (χ0v) is 16.7. The van der Waals surface area contributed by atoms with E-state index in [-0.39, 0.29) is 11.9 Å². The van der Waals surface area contributed by atoms with Gasteiger partial charge in [-0.1, -0.05) is 31.4 Å². The van der Waals surface area contributed by atoms with Gasteiger partial charge in [-0.3, -0.25) is 9.69 Å². The van der Waals surface area contributed by atoms with Crippen molar-refractivity contribution >= 4 is 17.6 Å². The second-order valence-electron chi connectivity index (χ2n) is 7.95. The van der Waals surface area contributed by atoms with Crippen LogP contribution in [0.1, 0.15) is 39.0 Å². The molecule has 3 fully saturated rings. The summed E-state index contributed by atoms with van der Waals surface area (Å²) in [5, 5.41) is 3.00. The average Bonchev–Trinajstić information content (AvgIpc) is 2.94. The van der Waals surface area contributed by atoms with Gasteiger partial charge in [-0.25, -0.2) is 9.69 Å². The van der Waals surface area contributed by atoms with Gasteiger partial charge in [0.05, 0.1) is 19.0 Å². The fraction of sp³-hybridized carbons (Fsp3) is 0.619. The van der Waals surface area contributed by atoms with Crippen LogP contribution in [0.25, 0.3) is 0 Å². The summed E-state index contributed by atoms with van der Waals surface area (Å²) >= 11 is 0. The van der Waals surface area contributed by atoms with Crippen molar-refractivity contribution in [2.24, 2.45) is 0 Å². The molecular formula is C21H30N4O3. The Kier molecular flexibility index (Phi) is 5.44. The van der Waals surface area contributed by atoms with E-state index in [4.69, 9.17) is 4.74 Å². The lowest BCUT2D eigenvalue weighted by Gasteiger charge is -2.38. The molecule has 1 aromatic rings. The fourth-order valence-electron chi connectivity index (χ4n) is 4.63. The maximum absolute atomic E-state index is 13.0. The number of para-hydroxylation sites is 2. The first-order valence-electron chi connectivity index (χ1n) is 10.5. The Morgan fingerprint density at radius 2 is 1.75 bits per heavy atom. The number of amides is 3. The van der Waals surface area contributed by atoms with Gasteiger partial charge in [0, 0.05) is 26.2 Å². The number of urea groups is 1. The molecule has 0 atom stereocenters. The van der Waals surface area contributed by atoms with Gasteiger partial charge in [0.25, 0.3) is 5.91 Å². The third kappa shape index (κ3) is 3.55. The zero-order valence-electron chi connectivity index (χ0n) is 16.7. The smallest absolute Gasteiger partial charge is 0.326 e. The molecule has 1 spiro atoms. The van der Waals surface area contributed by atoms with Gasteiger partial charge in [-0.2, -0.15) is 0 Å². The summed E-state index contributed by atoms with van der Waals surface area (Å²) in [6.07, 6.45) is 4.72. The monoisotopic (exact) mass is 386 g/mol. The van der Waals surface area contributed by atoms with Gasteiger partial charge in [-0.15, -0.1) is 0 Å². The number of hydrogen-bond acceptors (Lipinski definition) is 5. The van der Waals surface area contributed by atoms with E-state index in [0.717, 1.165) is 69.7 Å². The van der Waals surface area contributed by atoms with E-state index in [1.807, 2.05) is 25.1 Å². The van der Waals surface area contributed by atoms with Crippen LogP contribution >= 0.6 is 0 Å². The van der Waals surface area contributed by atoms with Crippen molar-refractivity contribution in [2.75, 3.05) is 44.4 Å². The van der Waals surface area contributed by atoms with Gasteiger partial charge in [0.1, 0.15) is 11.3 Å². The minimum atomic E-state index is -0.631. The summed E-state index contributed by atoms with van der Waals surface area (Å²) < 4.78 is 5.76. The topological polar surface area (TPSA) is 65.1 Å². The lowest BCUT2D eigenvalue weighted by molar-refractivity contribution is -0.133. The van der Waals surface area contributed by atoms with E-state index in [1.54, 1.807) is 0 Å². The standard InChI is InChI=1S/C21H30N4O3/c1-2-28-18-9-5-4-8-17(18)24-14-12-23(13-15-24)16-25-19(26)21(22-20(25)27)10-6-3-7-11-21/h4-5,8-9H,2-3,6-7,10-16H2,1H3,(H,22,27). The number of imide groups is 1. The molecule has 0 unspecified atom stereocenters. The molecule has 4 rings (SSSR count). The SMILES string of the molecule is CCOc1ccccc1N1CCN(CN2C(=O)NC3(CCCCC3)C2=O)CC1. The Hall–Kier alpha value is -2.28. The molecular weight excluding hydrogens is 356 g/mol. The average molecular weight is 386 g/mol. The van der Waals surface area contributed by atoms with Gasteiger partial charge >= 0.3 is 6.03 Å². The second-order valence-corrected chi connectivity index (χ2v) is 7.95. The highest BCUT2D eigenvalue weighted by atomic mass is 16.5. The van der Waals surface area contributed by atoms with Crippen molar-refractivity contribution in [3.8, 4) is 5.75 Å². The molecule has 1 aliphatic carbocycles. The van der Waals surface area contributed by atoms with Gasteiger partial charge < -0.3 is 15.0 Å². The number of rotatable bonds is 5. The van der Waals surface area contributed by atoms with Crippen LogP contribution in [0.2, 0.25) is 0 Å². The number of carbonyl (C=O) groups is 2. The summed E-state index contributed by atoms with van der Waals surface area (Å²) in [6.45, 7) is 6.33. The number of nitrogens with one attached hydrogen (secondary N) is 1. The Bertz CT molecular complexity index is 724. The number of anilines is 1. The van der Waals surface area contributed by atoms with E-state index < -0.39 is 5.54 Å². The molecule has 2 saturated heterocycles. The fourth-order valence-corrected chi connectivity index (χ4v) is 4.63. The van der Waals surface area contributed by atoms with Crippen LogP contribution in [0.3, 0.4) is 0 Å². The normalized spacial score (nSPS) is 22.6. The summed E-state index contributed by atoms with van der Waals surface area (Å²) in [5.74, 6) is 0.883. The van der Waals surface area contributed by atoms with Crippen molar-refractivity contribution in [1.29, 1.82) is 0 Å². The number of benzene rings is 1.